The first-order chi connectivity index (χ1) is 15.1. The molecule has 0 saturated carbocycles. The van der Waals surface area contributed by atoms with Crippen LogP contribution in [0.4, 0.5) is 26.3 Å². The zero-order chi connectivity index (χ0) is 23.1. The number of ketones is 1. The van der Waals surface area contributed by atoms with E-state index in [-0.39, 0.29) is 24.9 Å². The maximum Gasteiger partial charge on any atom is 0.417 e. The van der Waals surface area contributed by atoms with Crippen LogP contribution in [0.25, 0.3) is 0 Å². The number of hydrogen-bond acceptors (Lipinski definition) is 2. The first kappa shape index (κ1) is 22.8. The highest BCUT2D eigenvalue weighted by Gasteiger charge is 2.46. The Hall–Kier alpha value is -2.35. The highest BCUT2D eigenvalue weighted by atomic mass is 19.4. The van der Waals surface area contributed by atoms with Gasteiger partial charge in [0.25, 0.3) is 0 Å². The second kappa shape index (κ2) is 8.54. The lowest BCUT2D eigenvalue weighted by molar-refractivity contribution is -0.143. The van der Waals surface area contributed by atoms with Crippen LogP contribution in [0.3, 0.4) is 0 Å². The molecule has 2 bridgehead atoms. The molecule has 172 valence electrons. The first-order valence-corrected chi connectivity index (χ1v) is 10.7. The van der Waals surface area contributed by atoms with Gasteiger partial charge < -0.3 is 0 Å². The van der Waals surface area contributed by atoms with Crippen molar-refractivity contribution < 1.29 is 31.1 Å². The fourth-order valence-electron chi connectivity index (χ4n) is 5.24. The highest BCUT2D eigenvalue weighted by Crippen LogP contribution is 2.44. The van der Waals surface area contributed by atoms with Crippen molar-refractivity contribution in [1.29, 1.82) is 0 Å². The van der Waals surface area contributed by atoms with E-state index in [4.69, 9.17) is 0 Å². The van der Waals surface area contributed by atoms with Crippen LogP contribution < -0.4 is 0 Å². The second-order valence-corrected chi connectivity index (χ2v) is 8.65. The van der Waals surface area contributed by atoms with E-state index in [0.29, 0.717) is 24.7 Å². The summed E-state index contributed by atoms with van der Waals surface area (Å²) >= 11 is 0. The molecular formula is C24H23F6NO. The Labute approximate surface area is 182 Å². The monoisotopic (exact) mass is 455 g/mol. The van der Waals surface area contributed by atoms with Gasteiger partial charge in [-0.2, -0.15) is 26.3 Å². The average Bonchev–Trinajstić information content (AvgIpc) is 2.72. The van der Waals surface area contributed by atoms with Crippen molar-refractivity contribution in [3.63, 3.8) is 0 Å². The standard InChI is InChI=1S/C24H23F6NO/c25-23(26,27)19-10-5-11-20(24(28,29)30)21(19)22(32)16-12-17-8-4-9-18(13-16)31(17)14-15-6-2-1-3-7-15/h1-3,5-7,10-11,16-18H,4,8-9,12-14H2. The van der Waals surface area contributed by atoms with E-state index < -0.39 is 40.7 Å². The number of nitrogens with zero attached hydrogens (tertiary/aromatic N) is 1. The van der Waals surface area contributed by atoms with Gasteiger partial charge in [0.2, 0.25) is 0 Å². The fraction of sp³-hybridized carbons (Fsp3) is 0.458. The third-order valence-corrected chi connectivity index (χ3v) is 6.63. The molecule has 0 radical (unpaired) electrons. The topological polar surface area (TPSA) is 20.3 Å². The Morgan fingerprint density at radius 1 is 0.812 bits per heavy atom. The van der Waals surface area contributed by atoms with Crippen LogP contribution >= 0.6 is 0 Å². The molecule has 2 atom stereocenters. The van der Waals surface area contributed by atoms with Gasteiger partial charge >= 0.3 is 12.4 Å². The number of carbonyl (C=O) groups excluding carboxylic acids is 1. The Balaban J connectivity index is 1.64. The summed E-state index contributed by atoms with van der Waals surface area (Å²) < 4.78 is 81.3. The maximum absolute atomic E-state index is 13.6. The summed E-state index contributed by atoms with van der Waals surface area (Å²) in [5, 5.41) is 0. The van der Waals surface area contributed by atoms with Gasteiger partial charge in [-0.25, -0.2) is 0 Å². The summed E-state index contributed by atoms with van der Waals surface area (Å²) in [6.07, 6.45) is -7.06. The molecule has 2 heterocycles. The number of halogens is 6. The van der Waals surface area contributed by atoms with Gasteiger partial charge in [0.1, 0.15) is 0 Å². The van der Waals surface area contributed by atoms with E-state index >= 15 is 0 Å². The molecule has 2 unspecified atom stereocenters. The van der Waals surface area contributed by atoms with E-state index in [1.54, 1.807) is 0 Å². The third kappa shape index (κ3) is 4.56. The van der Waals surface area contributed by atoms with E-state index in [1.165, 1.54) is 0 Å². The molecule has 8 heteroatoms. The van der Waals surface area contributed by atoms with Crippen molar-refractivity contribution in [2.45, 2.75) is 63.1 Å². The van der Waals surface area contributed by atoms with Crippen LogP contribution in [0.15, 0.2) is 48.5 Å². The molecule has 2 aliphatic rings. The van der Waals surface area contributed by atoms with Crippen LogP contribution in [0, 0.1) is 5.92 Å². The van der Waals surface area contributed by atoms with Crippen molar-refractivity contribution >= 4 is 5.78 Å². The van der Waals surface area contributed by atoms with E-state index in [0.717, 1.165) is 24.8 Å². The van der Waals surface area contributed by atoms with E-state index in [9.17, 15) is 31.1 Å². The minimum Gasteiger partial charge on any atom is -0.294 e. The quantitative estimate of drug-likeness (QED) is 0.376. The molecule has 32 heavy (non-hydrogen) atoms. The first-order valence-electron chi connectivity index (χ1n) is 10.7. The Morgan fingerprint density at radius 3 is 1.84 bits per heavy atom. The van der Waals surface area contributed by atoms with Gasteiger partial charge in [-0.05, 0) is 43.4 Å². The molecule has 0 amide bonds. The van der Waals surface area contributed by atoms with Gasteiger partial charge in [-0.3, -0.25) is 9.69 Å². The smallest absolute Gasteiger partial charge is 0.294 e. The molecule has 2 aromatic carbocycles. The fourth-order valence-corrected chi connectivity index (χ4v) is 5.24. The van der Waals surface area contributed by atoms with E-state index in [1.807, 2.05) is 30.3 Å². The van der Waals surface area contributed by atoms with Gasteiger partial charge in [-0.1, -0.05) is 42.8 Å². The summed E-state index contributed by atoms with van der Waals surface area (Å²) in [6, 6.07) is 11.5. The number of hydrogen-bond donors (Lipinski definition) is 0. The summed E-state index contributed by atoms with van der Waals surface area (Å²) in [4.78, 5) is 15.5. The molecule has 0 aliphatic carbocycles. The Morgan fingerprint density at radius 2 is 1.34 bits per heavy atom. The van der Waals surface area contributed by atoms with Crippen LogP contribution in [0.5, 0.6) is 0 Å². The van der Waals surface area contributed by atoms with Gasteiger partial charge in [0, 0.05) is 30.1 Å². The van der Waals surface area contributed by atoms with Crippen LogP contribution in [0.1, 0.15) is 59.2 Å². The van der Waals surface area contributed by atoms with Gasteiger partial charge in [0.05, 0.1) is 11.1 Å². The number of carbonyl (C=O) groups is 1. The molecule has 0 spiro atoms. The molecular weight excluding hydrogens is 432 g/mol. The zero-order valence-corrected chi connectivity index (χ0v) is 17.2. The molecule has 2 aromatic rings. The minimum atomic E-state index is -5.05. The number of Topliss-reactive ketones (excluding diaryl/α,β-unsaturated/α-hetero) is 1. The average molecular weight is 455 g/mol. The van der Waals surface area contributed by atoms with E-state index in [2.05, 4.69) is 4.90 Å². The second-order valence-electron chi connectivity index (χ2n) is 8.65. The predicted octanol–water partition coefficient (Wildman–Crippen LogP) is 6.74. The normalized spacial score (nSPS) is 24.4. The van der Waals surface area contributed by atoms with Crippen molar-refractivity contribution in [3.05, 3.63) is 70.8 Å². The predicted molar refractivity (Wildman–Crippen MR) is 107 cm³/mol. The van der Waals surface area contributed by atoms with Crippen molar-refractivity contribution in [2.24, 2.45) is 5.92 Å². The molecule has 2 aliphatic heterocycles. The lowest BCUT2D eigenvalue weighted by Gasteiger charge is -2.48. The number of benzene rings is 2. The molecule has 2 fully saturated rings. The summed E-state index contributed by atoms with van der Waals surface area (Å²) in [6.45, 7) is 0.657. The van der Waals surface area contributed by atoms with Crippen LogP contribution in [-0.2, 0) is 18.9 Å². The summed E-state index contributed by atoms with van der Waals surface area (Å²) in [5.41, 5.74) is -3.15. The molecule has 0 N–H and O–H groups in total. The summed E-state index contributed by atoms with van der Waals surface area (Å²) in [5.74, 6) is -1.90. The molecule has 2 saturated heterocycles. The van der Waals surface area contributed by atoms with Crippen LogP contribution in [-0.4, -0.2) is 22.8 Å². The summed E-state index contributed by atoms with van der Waals surface area (Å²) in [7, 11) is 0. The number of alkyl halides is 6. The molecule has 2 nitrogen and oxygen atoms in total. The largest absolute Gasteiger partial charge is 0.417 e. The number of piperidine rings is 2. The van der Waals surface area contributed by atoms with Crippen molar-refractivity contribution in [3.8, 4) is 0 Å². The zero-order valence-electron chi connectivity index (χ0n) is 17.2. The number of fused-ring (bicyclic) bond motifs is 2. The van der Waals surface area contributed by atoms with Crippen molar-refractivity contribution in [1.82, 2.24) is 4.90 Å². The lowest BCUT2D eigenvalue weighted by Crippen LogP contribution is -2.52. The maximum atomic E-state index is 13.6. The molecule has 4 rings (SSSR count). The highest BCUT2D eigenvalue weighted by molar-refractivity contribution is 6.01. The lowest BCUT2D eigenvalue weighted by atomic mass is 9.74. The molecule has 0 aromatic heterocycles. The Kier molecular flexibility index (Phi) is 6.09. The van der Waals surface area contributed by atoms with Gasteiger partial charge in [-0.15, -0.1) is 0 Å². The van der Waals surface area contributed by atoms with Crippen molar-refractivity contribution in [2.75, 3.05) is 0 Å². The van der Waals surface area contributed by atoms with Crippen LogP contribution in [0.2, 0.25) is 0 Å². The minimum absolute atomic E-state index is 0.0379. The number of rotatable bonds is 4. The third-order valence-electron chi connectivity index (χ3n) is 6.63. The van der Waals surface area contributed by atoms with Gasteiger partial charge in [0.15, 0.2) is 5.78 Å². The SMILES string of the molecule is O=C(c1c(C(F)(F)F)cccc1C(F)(F)F)C1CC2CCCC(C1)N2Cc1ccccc1. The Bertz CT molecular complexity index is 922.